The molecule has 0 spiro atoms. The molecule has 2 N–H and O–H groups in total. The first kappa shape index (κ1) is 19.6. The summed E-state index contributed by atoms with van der Waals surface area (Å²) in [6.07, 6.45) is 1.94. The van der Waals surface area contributed by atoms with Gasteiger partial charge >= 0.3 is 0 Å². The van der Waals surface area contributed by atoms with Crippen molar-refractivity contribution in [3.8, 4) is 12.1 Å². The van der Waals surface area contributed by atoms with Gasteiger partial charge in [0.1, 0.15) is 6.07 Å². The Kier molecular flexibility index (Phi) is 5.21. The van der Waals surface area contributed by atoms with Gasteiger partial charge in [-0.3, -0.25) is 9.36 Å². The molecule has 0 amide bonds. The van der Waals surface area contributed by atoms with Gasteiger partial charge in [-0.05, 0) is 37.5 Å². The summed E-state index contributed by atoms with van der Waals surface area (Å²) in [6.45, 7) is 4.19. The highest BCUT2D eigenvalue weighted by molar-refractivity contribution is 5.74. The van der Waals surface area contributed by atoms with Gasteiger partial charge in [0.05, 0.1) is 18.2 Å². The molecule has 1 saturated heterocycles. The zero-order valence-electron chi connectivity index (χ0n) is 16.7. The molecule has 1 unspecified atom stereocenters. The van der Waals surface area contributed by atoms with Crippen LogP contribution in [0.25, 0.3) is 11.2 Å². The largest absolute Gasteiger partial charge is 0.341 e. The lowest BCUT2D eigenvalue weighted by atomic mass is 10.1. The number of aromatic nitrogens is 4. The first-order valence-corrected chi connectivity index (χ1v) is 9.96. The molecule has 1 aliphatic rings. The zero-order chi connectivity index (χ0) is 21.3. The predicted molar refractivity (Wildman–Crippen MR) is 112 cm³/mol. The number of benzene rings is 1. The number of nitriles is 2. The normalized spacial score (nSPS) is 16.4. The third-order valence-electron chi connectivity index (χ3n) is 5.42. The van der Waals surface area contributed by atoms with Gasteiger partial charge < -0.3 is 15.2 Å². The molecule has 0 bridgehead atoms. The van der Waals surface area contributed by atoms with Gasteiger partial charge in [0.2, 0.25) is 11.8 Å². The fourth-order valence-electron chi connectivity index (χ4n) is 3.93. The molecule has 9 nitrogen and oxygen atoms in total. The van der Waals surface area contributed by atoms with Crippen molar-refractivity contribution < 1.29 is 0 Å². The lowest BCUT2D eigenvalue weighted by Gasteiger charge is -2.31. The second-order valence-corrected chi connectivity index (χ2v) is 7.42. The van der Waals surface area contributed by atoms with Crippen molar-refractivity contribution in [1.29, 1.82) is 10.5 Å². The highest BCUT2D eigenvalue weighted by Gasteiger charge is 2.25. The van der Waals surface area contributed by atoms with E-state index in [9.17, 15) is 10.1 Å². The number of nitrogens with two attached hydrogens (primary N) is 1. The number of hydrogen-bond acceptors (Lipinski definition) is 7. The first-order chi connectivity index (χ1) is 14.5. The lowest BCUT2D eigenvalue weighted by molar-refractivity contribution is 0.494. The maximum Gasteiger partial charge on any atom is 0.280 e. The molecule has 1 aromatic carbocycles. The van der Waals surface area contributed by atoms with E-state index < -0.39 is 0 Å². The van der Waals surface area contributed by atoms with Crippen LogP contribution in [0.15, 0.2) is 29.1 Å². The van der Waals surface area contributed by atoms with Crippen LogP contribution in [0.5, 0.6) is 0 Å². The van der Waals surface area contributed by atoms with Crippen LogP contribution in [0.4, 0.5) is 5.95 Å². The Balaban J connectivity index is 1.83. The van der Waals surface area contributed by atoms with E-state index in [1.54, 1.807) is 24.3 Å². The van der Waals surface area contributed by atoms with Crippen molar-refractivity contribution >= 4 is 17.1 Å². The molecule has 3 aromatic rings. The minimum atomic E-state index is -0.303. The number of aryl methyl sites for hydroxylation is 1. The van der Waals surface area contributed by atoms with Gasteiger partial charge in [-0.15, -0.1) is 0 Å². The summed E-state index contributed by atoms with van der Waals surface area (Å²) in [5.41, 5.74) is 7.84. The number of imidazole rings is 1. The molecule has 2 aromatic heterocycles. The Labute approximate surface area is 173 Å². The molecule has 9 heteroatoms. The number of nitrogens with zero attached hydrogens (tertiary/aromatic N) is 7. The van der Waals surface area contributed by atoms with E-state index in [2.05, 4.69) is 20.9 Å². The average Bonchev–Trinajstić information content (AvgIpc) is 3.14. The maximum absolute atomic E-state index is 13.4. The summed E-state index contributed by atoms with van der Waals surface area (Å²) in [7, 11) is 0. The molecule has 152 valence electrons. The average molecular weight is 402 g/mol. The van der Waals surface area contributed by atoms with Gasteiger partial charge in [0.25, 0.3) is 5.56 Å². The smallest absolute Gasteiger partial charge is 0.280 e. The fraction of sp³-hybridized carbons (Fsp3) is 0.381. The van der Waals surface area contributed by atoms with Crippen LogP contribution in [-0.4, -0.2) is 38.2 Å². The third kappa shape index (κ3) is 3.40. The minimum absolute atomic E-state index is 0.0134. The lowest BCUT2D eigenvalue weighted by Crippen LogP contribution is -2.44. The van der Waals surface area contributed by atoms with Crippen LogP contribution in [0.3, 0.4) is 0 Å². The molecule has 0 aliphatic carbocycles. The summed E-state index contributed by atoms with van der Waals surface area (Å²) in [5.74, 6) is 0.687. The number of fused-ring (bicyclic) bond motifs is 1. The van der Waals surface area contributed by atoms with Crippen LogP contribution in [0.2, 0.25) is 0 Å². The SMILES string of the molecule is CCn1c(N2CCCC(N)C2)nc2nc(C#N)n(Cc3ccc(C#N)cc3)c(=O)c21. The number of rotatable bonds is 4. The van der Waals surface area contributed by atoms with Gasteiger partial charge in [-0.25, -0.2) is 0 Å². The molecule has 1 fully saturated rings. The number of anilines is 1. The monoisotopic (exact) mass is 402 g/mol. The molecule has 1 atom stereocenters. The summed E-state index contributed by atoms with van der Waals surface area (Å²) in [6, 6.07) is 11.1. The van der Waals surface area contributed by atoms with Gasteiger partial charge in [-0.1, -0.05) is 12.1 Å². The van der Waals surface area contributed by atoms with E-state index in [1.165, 1.54) is 4.57 Å². The fourth-order valence-corrected chi connectivity index (χ4v) is 3.93. The van der Waals surface area contributed by atoms with Crippen molar-refractivity contribution in [3.63, 3.8) is 0 Å². The minimum Gasteiger partial charge on any atom is -0.341 e. The third-order valence-corrected chi connectivity index (χ3v) is 5.42. The first-order valence-electron chi connectivity index (χ1n) is 9.96. The number of hydrogen-bond donors (Lipinski definition) is 1. The standard InChI is InChI=1S/C21H22N8O/c1-2-28-18-19(26-21(28)27-9-3-4-16(24)13-27)25-17(11-23)29(20(18)30)12-15-7-5-14(10-22)6-8-15/h5-8,16H,2-4,9,12-13,24H2,1H3. The molecule has 1 aliphatic heterocycles. The zero-order valence-corrected chi connectivity index (χ0v) is 16.7. The summed E-state index contributed by atoms with van der Waals surface area (Å²) in [5, 5.41) is 18.6. The summed E-state index contributed by atoms with van der Waals surface area (Å²) >= 11 is 0. The molecule has 30 heavy (non-hydrogen) atoms. The van der Waals surface area contributed by atoms with Crippen LogP contribution >= 0.6 is 0 Å². The second-order valence-electron chi connectivity index (χ2n) is 7.42. The molecular weight excluding hydrogens is 380 g/mol. The highest BCUT2D eigenvalue weighted by Crippen LogP contribution is 2.23. The van der Waals surface area contributed by atoms with Crippen molar-refractivity contribution in [2.24, 2.45) is 5.73 Å². The van der Waals surface area contributed by atoms with Crippen molar-refractivity contribution in [2.45, 2.75) is 38.9 Å². The topological polar surface area (TPSA) is 130 Å². The van der Waals surface area contributed by atoms with E-state index in [4.69, 9.17) is 11.0 Å². The van der Waals surface area contributed by atoms with E-state index in [0.717, 1.165) is 24.9 Å². The van der Waals surface area contributed by atoms with Crippen LogP contribution in [0.1, 0.15) is 36.7 Å². The molecule has 4 rings (SSSR count). The second kappa shape index (κ2) is 7.97. The maximum atomic E-state index is 13.4. The van der Waals surface area contributed by atoms with E-state index in [-0.39, 0.29) is 29.6 Å². The van der Waals surface area contributed by atoms with Gasteiger partial charge in [0.15, 0.2) is 11.2 Å². The van der Waals surface area contributed by atoms with Crippen LogP contribution in [-0.2, 0) is 13.1 Å². The van der Waals surface area contributed by atoms with Crippen molar-refractivity contribution in [2.75, 3.05) is 18.0 Å². The van der Waals surface area contributed by atoms with Crippen molar-refractivity contribution in [1.82, 2.24) is 19.1 Å². The highest BCUT2D eigenvalue weighted by atomic mass is 16.1. The molecule has 0 saturated carbocycles. The Morgan fingerprint density at radius 1 is 1.17 bits per heavy atom. The Morgan fingerprint density at radius 3 is 2.57 bits per heavy atom. The van der Waals surface area contributed by atoms with E-state index in [0.29, 0.717) is 30.1 Å². The molecular formula is C21H22N8O. The van der Waals surface area contributed by atoms with Crippen LogP contribution in [0, 0.1) is 22.7 Å². The van der Waals surface area contributed by atoms with Crippen molar-refractivity contribution in [3.05, 3.63) is 51.6 Å². The van der Waals surface area contributed by atoms with Gasteiger partial charge in [0, 0.05) is 25.7 Å². The van der Waals surface area contributed by atoms with E-state index >= 15 is 0 Å². The van der Waals surface area contributed by atoms with E-state index in [1.807, 2.05) is 17.6 Å². The Bertz CT molecular complexity index is 1230. The Hall–Kier alpha value is -3.69. The molecule has 3 heterocycles. The summed E-state index contributed by atoms with van der Waals surface area (Å²) in [4.78, 5) is 24.5. The van der Waals surface area contributed by atoms with Crippen LogP contribution < -0.4 is 16.2 Å². The Morgan fingerprint density at radius 2 is 1.93 bits per heavy atom. The number of piperidine rings is 1. The quantitative estimate of drug-likeness (QED) is 0.697. The predicted octanol–water partition coefficient (Wildman–Crippen LogP) is 1.33. The van der Waals surface area contributed by atoms with Gasteiger partial charge in [-0.2, -0.15) is 20.5 Å². The summed E-state index contributed by atoms with van der Waals surface area (Å²) < 4.78 is 3.22. The molecule has 0 radical (unpaired) electrons.